The lowest BCUT2D eigenvalue weighted by molar-refractivity contribution is -0.156. The van der Waals surface area contributed by atoms with Crippen LogP contribution in [0.1, 0.15) is 19.4 Å². The second-order valence-corrected chi connectivity index (χ2v) is 6.12. The molecule has 0 N–H and O–H groups in total. The van der Waals surface area contributed by atoms with Gasteiger partial charge in [0.25, 0.3) is 0 Å². The summed E-state index contributed by atoms with van der Waals surface area (Å²) in [6, 6.07) is 9.51. The monoisotopic (exact) mass is 274 g/mol. The van der Waals surface area contributed by atoms with Gasteiger partial charge >= 0.3 is 5.97 Å². The van der Waals surface area contributed by atoms with Crippen LogP contribution in [0.15, 0.2) is 30.3 Å². The van der Waals surface area contributed by atoms with Gasteiger partial charge < -0.3 is 14.3 Å². The highest BCUT2D eigenvalue weighted by Crippen LogP contribution is 2.63. The summed E-state index contributed by atoms with van der Waals surface area (Å²) in [5.41, 5.74) is 0.907. The highest BCUT2D eigenvalue weighted by molar-refractivity contribution is 5.80. The number of aldehydes is 1. The first-order valence-corrected chi connectivity index (χ1v) is 6.87. The fourth-order valence-corrected chi connectivity index (χ4v) is 3.22. The van der Waals surface area contributed by atoms with Crippen LogP contribution in [0.5, 0.6) is 0 Å². The normalized spacial score (nSPS) is 33.3. The molecule has 106 valence electrons. The van der Waals surface area contributed by atoms with E-state index >= 15 is 0 Å². The molecule has 4 atom stereocenters. The fourth-order valence-electron chi connectivity index (χ4n) is 3.22. The Bertz CT molecular complexity index is 523. The highest BCUT2D eigenvalue weighted by atomic mass is 16.5. The number of esters is 1. The number of ether oxygens (including phenoxy) is 2. The Morgan fingerprint density at radius 1 is 1.35 bits per heavy atom. The highest BCUT2D eigenvalue weighted by Gasteiger charge is 2.71. The van der Waals surface area contributed by atoms with E-state index < -0.39 is 12.0 Å². The van der Waals surface area contributed by atoms with Gasteiger partial charge in [0.05, 0.1) is 12.0 Å². The fraction of sp³-hybridized carbons (Fsp3) is 0.500. The van der Waals surface area contributed by atoms with Gasteiger partial charge in [-0.15, -0.1) is 0 Å². The third-order valence-corrected chi connectivity index (χ3v) is 4.48. The summed E-state index contributed by atoms with van der Waals surface area (Å²) in [5, 5.41) is 0. The van der Waals surface area contributed by atoms with E-state index in [4.69, 9.17) is 9.47 Å². The maximum absolute atomic E-state index is 12.3. The van der Waals surface area contributed by atoms with Crippen molar-refractivity contribution in [3.8, 4) is 0 Å². The maximum Gasteiger partial charge on any atom is 0.312 e. The molecule has 0 spiro atoms. The summed E-state index contributed by atoms with van der Waals surface area (Å²) in [4.78, 5) is 23.3. The van der Waals surface area contributed by atoms with E-state index in [1.54, 1.807) is 0 Å². The number of rotatable bonds is 4. The summed E-state index contributed by atoms with van der Waals surface area (Å²) in [6.45, 7) is 4.35. The quantitative estimate of drug-likeness (QED) is 0.622. The van der Waals surface area contributed by atoms with E-state index in [1.807, 2.05) is 30.3 Å². The Labute approximate surface area is 118 Å². The van der Waals surface area contributed by atoms with Crippen LogP contribution in [0.4, 0.5) is 0 Å². The van der Waals surface area contributed by atoms with Crippen molar-refractivity contribution in [2.24, 2.45) is 17.3 Å². The summed E-state index contributed by atoms with van der Waals surface area (Å²) >= 11 is 0. The Kier molecular flexibility index (Phi) is 3.13. The van der Waals surface area contributed by atoms with Gasteiger partial charge in [0.15, 0.2) is 0 Å². The molecule has 0 bridgehead atoms. The molecule has 3 rings (SSSR count). The number of benzene rings is 1. The van der Waals surface area contributed by atoms with E-state index in [0.29, 0.717) is 0 Å². The van der Waals surface area contributed by atoms with Crippen molar-refractivity contribution in [2.75, 3.05) is 0 Å². The van der Waals surface area contributed by atoms with Crippen LogP contribution in [-0.2, 0) is 25.7 Å². The summed E-state index contributed by atoms with van der Waals surface area (Å²) < 4.78 is 11.0. The van der Waals surface area contributed by atoms with Gasteiger partial charge in [0, 0.05) is 5.92 Å². The SMILES string of the molecule is CC1(C)C2OC(C=O)C(C(=O)OCc3ccccc3)C21. The lowest BCUT2D eigenvalue weighted by atomic mass is 9.93. The first-order chi connectivity index (χ1) is 9.55. The number of carbonyl (C=O) groups excluding carboxylic acids is 2. The van der Waals surface area contributed by atoms with Crippen molar-refractivity contribution < 1.29 is 19.1 Å². The van der Waals surface area contributed by atoms with Gasteiger partial charge in [0.2, 0.25) is 0 Å². The van der Waals surface area contributed by atoms with Crippen LogP contribution in [0.2, 0.25) is 0 Å². The number of hydrogen-bond acceptors (Lipinski definition) is 4. The average Bonchev–Trinajstić information content (AvgIpc) is 2.84. The summed E-state index contributed by atoms with van der Waals surface area (Å²) in [7, 11) is 0. The van der Waals surface area contributed by atoms with Crippen molar-refractivity contribution in [3.05, 3.63) is 35.9 Å². The topological polar surface area (TPSA) is 52.6 Å². The maximum atomic E-state index is 12.3. The van der Waals surface area contributed by atoms with Gasteiger partial charge in [-0.3, -0.25) is 4.79 Å². The molecule has 4 unspecified atom stereocenters. The molecule has 1 aromatic carbocycles. The molecule has 0 amide bonds. The first kappa shape index (κ1) is 13.3. The number of fused-ring (bicyclic) bond motifs is 1. The van der Waals surface area contributed by atoms with Crippen LogP contribution in [-0.4, -0.2) is 24.5 Å². The van der Waals surface area contributed by atoms with Crippen molar-refractivity contribution in [1.82, 2.24) is 0 Å². The third-order valence-electron chi connectivity index (χ3n) is 4.48. The smallest absolute Gasteiger partial charge is 0.312 e. The van der Waals surface area contributed by atoms with Crippen LogP contribution in [0.25, 0.3) is 0 Å². The largest absolute Gasteiger partial charge is 0.461 e. The molecule has 0 radical (unpaired) electrons. The predicted octanol–water partition coefficient (Wildman–Crippen LogP) is 1.97. The molecule has 20 heavy (non-hydrogen) atoms. The third kappa shape index (κ3) is 2.04. The van der Waals surface area contributed by atoms with Crippen molar-refractivity contribution >= 4 is 12.3 Å². The Balaban J connectivity index is 1.65. The molecule has 1 aliphatic heterocycles. The van der Waals surface area contributed by atoms with Gasteiger partial charge in [-0.25, -0.2) is 0 Å². The minimum atomic E-state index is -0.652. The molecular weight excluding hydrogens is 256 g/mol. The van der Waals surface area contributed by atoms with Crippen molar-refractivity contribution in [2.45, 2.75) is 32.7 Å². The van der Waals surface area contributed by atoms with E-state index in [2.05, 4.69) is 13.8 Å². The van der Waals surface area contributed by atoms with Gasteiger partial charge in [-0.05, 0) is 11.0 Å². The summed E-state index contributed by atoms with van der Waals surface area (Å²) in [5.74, 6) is -0.693. The second-order valence-electron chi connectivity index (χ2n) is 6.12. The zero-order valence-corrected chi connectivity index (χ0v) is 11.6. The lowest BCUT2D eigenvalue weighted by Gasteiger charge is -2.20. The van der Waals surface area contributed by atoms with Gasteiger partial charge in [0.1, 0.15) is 19.0 Å². The Morgan fingerprint density at radius 2 is 2.05 bits per heavy atom. The minimum absolute atomic E-state index is 0.00646. The molecular formula is C16H18O4. The average molecular weight is 274 g/mol. The molecule has 2 aliphatic rings. The van der Waals surface area contributed by atoms with E-state index in [9.17, 15) is 9.59 Å². The van der Waals surface area contributed by atoms with Gasteiger partial charge in [-0.1, -0.05) is 44.2 Å². The first-order valence-electron chi connectivity index (χ1n) is 6.87. The van der Waals surface area contributed by atoms with Crippen molar-refractivity contribution in [3.63, 3.8) is 0 Å². The molecule has 4 heteroatoms. The molecule has 1 aliphatic carbocycles. The second kappa shape index (κ2) is 4.70. The molecule has 0 aromatic heterocycles. The zero-order valence-electron chi connectivity index (χ0n) is 11.6. The Hall–Kier alpha value is -1.68. The van der Waals surface area contributed by atoms with E-state index in [1.165, 1.54) is 0 Å². The predicted molar refractivity (Wildman–Crippen MR) is 71.7 cm³/mol. The standard InChI is InChI=1S/C16H18O4/c1-16(2)13-12(11(8-17)20-14(13)16)15(18)19-9-10-6-4-3-5-7-10/h3-8,11-14H,9H2,1-2H3. The summed E-state index contributed by atoms with van der Waals surface area (Å²) in [6.07, 6.45) is 0.0738. The van der Waals surface area contributed by atoms with Gasteiger partial charge in [-0.2, -0.15) is 0 Å². The van der Waals surface area contributed by atoms with E-state index in [-0.39, 0.29) is 30.0 Å². The van der Waals surface area contributed by atoms with Crippen LogP contribution in [0, 0.1) is 17.3 Å². The molecule has 2 fully saturated rings. The molecule has 4 nitrogen and oxygen atoms in total. The number of hydrogen-bond donors (Lipinski definition) is 0. The van der Waals surface area contributed by atoms with E-state index in [0.717, 1.165) is 11.8 Å². The number of carbonyl (C=O) groups is 2. The molecule has 1 saturated heterocycles. The molecule has 1 saturated carbocycles. The zero-order chi connectivity index (χ0) is 14.3. The molecule has 1 heterocycles. The van der Waals surface area contributed by atoms with Crippen LogP contribution >= 0.6 is 0 Å². The Morgan fingerprint density at radius 3 is 2.70 bits per heavy atom. The van der Waals surface area contributed by atoms with Crippen LogP contribution in [0.3, 0.4) is 0 Å². The lowest BCUT2D eigenvalue weighted by Crippen LogP contribution is -2.33. The van der Waals surface area contributed by atoms with Crippen LogP contribution < -0.4 is 0 Å². The van der Waals surface area contributed by atoms with Crippen molar-refractivity contribution in [1.29, 1.82) is 0 Å². The minimum Gasteiger partial charge on any atom is -0.461 e. The molecule has 1 aromatic rings.